The van der Waals surface area contributed by atoms with E-state index in [0.29, 0.717) is 17.3 Å². The molecule has 0 fully saturated rings. The van der Waals surface area contributed by atoms with E-state index in [9.17, 15) is 4.91 Å². The van der Waals surface area contributed by atoms with Crippen molar-refractivity contribution in [3.05, 3.63) is 59.3 Å². The smallest absolute Gasteiger partial charge is 0.226 e. The Morgan fingerprint density at radius 2 is 2.04 bits per heavy atom. The highest BCUT2D eigenvalue weighted by atomic mass is 32.2. The molecule has 1 aromatic heterocycles. The number of benzene rings is 2. The third-order valence-corrected chi connectivity index (χ3v) is 4.10. The molecule has 6 heteroatoms. The predicted octanol–water partition coefficient (Wildman–Crippen LogP) is 5.21. The second-order valence-corrected chi connectivity index (χ2v) is 6.01. The van der Waals surface area contributed by atoms with Crippen molar-refractivity contribution in [3.8, 4) is 17.2 Å². The van der Waals surface area contributed by atoms with Crippen LogP contribution >= 0.6 is 11.8 Å². The Morgan fingerprint density at radius 1 is 1.17 bits per heavy atom. The molecule has 2 aromatic carbocycles. The highest BCUT2D eigenvalue weighted by Gasteiger charge is 2.08. The number of ether oxygens (including phenoxy) is 1. The van der Waals surface area contributed by atoms with E-state index >= 15 is 0 Å². The van der Waals surface area contributed by atoms with Crippen LogP contribution in [0.2, 0.25) is 0 Å². The van der Waals surface area contributed by atoms with Crippen molar-refractivity contribution in [2.24, 2.45) is 5.18 Å². The van der Waals surface area contributed by atoms with Gasteiger partial charge in [-0.1, -0.05) is 17.8 Å². The number of aromatic nitrogens is 1. The molecule has 0 N–H and O–H groups in total. The van der Waals surface area contributed by atoms with Gasteiger partial charge in [0.25, 0.3) is 0 Å². The number of oxazole rings is 1. The molecule has 5 nitrogen and oxygen atoms in total. The lowest BCUT2D eigenvalue weighted by molar-refractivity contribution is 0.414. The SMILES string of the molecule is COc1cc(N=O)cc(Sc2cccc(-c3ncc(C)o3)c2)c1. The number of hydrogen-bond acceptors (Lipinski definition) is 6. The average molecular weight is 326 g/mol. The molecule has 0 unspecified atom stereocenters. The fraction of sp³-hybridized carbons (Fsp3) is 0.118. The monoisotopic (exact) mass is 326 g/mol. The lowest BCUT2D eigenvalue weighted by Crippen LogP contribution is -1.83. The zero-order valence-electron chi connectivity index (χ0n) is 12.6. The Labute approximate surface area is 137 Å². The summed E-state index contributed by atoms with van der Waals surface area (Å²) < 4.78 is 10.7. The van der Waals surface area contributed by atoms with Crippen LogP contribution in [-0.2, 0) is 0 Å². The molecule has 0 radical (unpaired) electrons. The summed E-state index contributed by atoms with van der Waals surface area (Å²) >= 11 is 1.51. The van der Waals surface area contributed by atoms with Crippen LogP contribution in [0.1, 0.15) is 5.76 Å². The van der Waals surface area contributed by atoms with E-state index in [1.165, 1.54) is 11.8 Å². The second-order valence-electron chi connectivity index (χ2n) is 4.86. The summed E-state index contributed by atoms with van der Waals surface area (Å²) in [5, 5.41) is 2.98. The van der Waals surface area contributed by atoms with Gasteiger partial charge in [0.2, 0.25) is 5.89 Å². The first-order valence-electron chi connectivity index (χ1n) is 6.91. The molecule has 23 heavy (non-hydrogen) atoms. The van der Waals surface area contributed by atoms with Crippen molar-refractivity contribution >= 4 is 17.4 Å². The maximum atomic E-state index is 10.8. The van der Waals surface area contributed by atoms with E-state index in [-0.39, 0.29) is 0 Å². The van der Waals surface area contributed by atoms with Gasteiger partial charge < -0.3 is 9.15 Å². The van der Waals surface area contributed by atoms with E-state index in [1.807, 2.05) is 37.3 Å². The average Bonchev–Trinajstić information content (AvgIpc) is 3.01. The molecular formula is C17H14N2O3S. The first kappa shape index (κ1) is 15.3. The summed E-state index contributed by atoms with van der Waals surface area (Å²) in [6.07, 6.45) is 1.69. The zero-order valence-corrected chi connectivity index (χ0v) is 13.5. The molecule has 116 valence electrons. The minimum atomic E-state index is 0.339. The van der Waals surface area contributed by atoms with E-state index in [0.717, 1.165) is 21.1 Å². The molecule has 0 aliphatic carbocycles. The Hall–Kier alpha value is -2.60. The van der Waals surface area contributed by atoms with Crippen LogP contribution in [0.15, 0.2) is 68.0 Å². The van der Waals surface area contributed by atoms with Crippen molar-refractivity contribution < 1.29 is 9.15 Å². The third kappa shape index (κ3) is 3.60. The molecule has 0 amide bonds. The van der Waals surface area contributed by atoms with Crippen molar-refractivity contribution in [1.82, 2.24) is 4.98 Å². The Bertz CT molecular complexity index is 845. The van der Waals surface area contributed by atoms with Crippen LogP contribution in [0, 0.1) is 11.8 Å². The molecular weight excluding hydrogens is 312 g/mol. The normalized spacial score (nSPS) is 10.5. The van der Waals surface area contributed by atoms with Crippen LogP contribution in [0.3, 0.4) is 0 Å². The second kappa shape index (κ2) is 6.66. The number of hydrogen-bond donors (Lipinski definition) is 0. The fourth-order valence-corrected chi connectivity index (χ4v) is 3.06. The van der Waals surface area contributed by atoms with Gasteiger partial charge in [0.05, 0.1) is 13.3 Å². The van der Waals surface area contributed by atoms with Crippen molar-refractivity contribution in [3.63, 3.8) is 0 Å². The fourth-order valence-electron chi connectivity index (χ4n) is 2.10. The van der Waals surface area contributed by atoms with Gasteiger partial charge in [-0.2, -0.15) is 0 Å². The molecule has 0 aliphatic heterocycles. The van der Waals surface area contributed by atoms with Gasteiger partial charge in [0.1, 0.15) is 17.2 Å². The van der Waals surface area contributed by atoms with Gasteiger partial charge in [-0.05, 0) is 42.4 Å². The first-order chi connectivity index (χ1) is 11.2. The van der Waals surface area contributed by atoms with Crippen LogP contribution in [0.4, 0.5) is 5.69 Å². The van der Waals surface area contributed by atoms with Crippen LogP contribution in [-0.4, -0.2) is 12.1 Å². The molecule has 0 aliphatic rings. The Morgan fingerprint density at radius 3 is 2.74 bits per heavy atom. The Balaban J connectivity index is 1.90. The van der Waals surface area contributed by atoms with Crippen molar-refractivity contribution in [1.29, 1.82) is 0 Å². The molecule has 3 aromatic rings. The van der Waals surface area contributed by atoms with Crippen LogP contribution in [0.25, 0.3) is 11.5 Å². The topological polar surface area (TPSA) is 64.7 Å². The molecule has 0 spiro atoms. The number of methoxy groups -OCH3 is 1. The van der Waals surface area contributed by atoms with Gasteiger partial charge in [-0.15, -0.1) is 4.91 Å². The van der Waals surface area contributed by atoms with Gasteiger partial charge >= 0.3 is 0 Å². The summed E-state index contributed by atoms with van der Waals surface area (Å²) in [6.45, 7) is 1.86. The summed E-state index contributed by atoms with van der Waals surface area (Å²) in [5.41, 5.74) is 1.24. The number of rotatable bonds is 5. The van der Waals surface area contributed by atoms with Crippen molar-refractivity contribution in [2.75, 3.05) is 7.11 Å². The van der Waals surface area contributed by atoms with Gasteiger partial charge in [-0.3, -0.25) is 0 Å². The molecule has 0 atom stereocenters. The molecule has 1 heterocycles. The standard InChI is InChI=1S/C17H14N2O3S/c1-11-10-18-17(22-11)12-4-3-5-15(6-12)23-16-8-13(19-20)7-14(9-16)21-2/h3-10H,1-2H3. The van der Waals surface area contributed by atoms with Crippen LogP contribution in [0.5, 0.6) is 5.75 Å². The lowest BCUT2D eigenvalue weighted by atomic mass is 10.2. The molecule has 0 saturated heterocycles. The number of aryl methyl sites for hydroxylation is 1. The maximum absolute atomic E-state index is 10.8. The molecule has 0 saturated carbocycles. The highest BCUT2D eigenvalue weighted by molar-refractivity contribution is 7.99. The summed E-state index contributed by atoms with van der Waals surface area (Å²) in [6, 6.07) is 13.0. The predicted molar refractivity (Wildman–Crippen MR) is 89.2 cm³/mol. The summed E-state index contributed by atoms with van der Waals surface area (Å²) in [5.74, 6) is 1.96. The third-order valence-electron chi connectivity index (χ3n) is 3.14. The largest absolute Gasteiger partial charge is 0.497 e. The molecule has 3 rings (SSSR count). The summed E-state index contributed by atoms with van der Waals surface area (Å²) in [4.78, 5) is 16.9. The maximum Gasteiger partial charge on any atom is 0.226 e. The van der Waals surface area contributed by atoms with E-state index in [1.54, 1.807) is 25.4 Å². The first-order valence-corrected chi connectivity index (χ1v) is 7.73. The lowest BCUT2D eigenvalue weighted by Gasteiger charge is -2.06. The van der Waals surface area contributed by atoms with Gasteiger partial charge in [0.15, 0.2) is 0 Å². The minimum absolute atomic E-state index is 0.339. The number of nitroso groups, excluding NO2 is 1. The van der Waals surface area contributed by atoms with Gasteiger partial charge in [0, 0.05) is 21.4 Å². The van der Waals surface area contributed by atoms with Gasteiger partial charge in [-0.25, -0.2) is 4.98 Å². The number of nitrogens with zero attached hydrogens (tertiary/aromatic N) is 2. The van der Waals surface area contributed by atoms with Crippen LogP contribution < -0.4 is 4.74 Å². The zero-order chi connectivity index (χ0) is 16.2. The summed E-state index contributed by atoms with van der Waals surface area (Å²) in [7, 11) is 1.56. The Kier molecular flexibility index (Phi) is 4.43. The quantitative estimate of drug-likeness (QED) is 0.602. The van der Waals surface area contributed by atoms with E-state index < -0.39 is 0 Å². The van der Waals surface area contributed by atoms with E-state index in [2.05, 4.69) is 10.2 Å². The highest BCUT2D eigenvalue weighted by Crippen LogP contribution is 2.35. The van der Waals surface area contributed by atoms with Crippen molar-refractivity contribution in [2.45, 2.75) is 16.7 Å². The molecule has 0 bridgehead atoms. The van der Waals surface area contributed by atoms with E-state index in [4.69, 9.17) is 9.15 Å². The minimum Gasteiger partial charge on any atom is -0.497 e.